The van der Waals surface area contributed by atoms with Crippen molar-refractivity contribution in [3.8, 4) is 0 Å². The summed E-state index contributed by atoms with van der Waals surface area (Å²) >= 11 is 5.94. The van der Waals surface area contributed by atoms with Crippen LogP contribution in [0.15, 0.2) is 59.0 Å². The van der Waals surface area contributed by atoms with E-state index in [-0.39, 0.29) is 5.91 Å². The van der Waals surface area contributed by atoms with Gasteiger partial charge in [-0.3, -0.25) is 4.79 Å². The van der Waals surface area contributed by atoms with E-state index in [0.717, 1.165) is 22.2 Å². The van der Waals surface area contributed by atoms with Crippen LogP contribution < -0.4 is 5.32 Å². The molecule has 0 fully saturated rings. The normalized spacial score (nSPS) is 11.2. The molecule has 0 aliphatic heterocycles. The van der Waals surface area contributed by atoms with E-state index in [1.807, 2.05) is 49.4 Å². The van der Waals surface area contributed by atoms with E-state index in [2.05, 4.69) is 5.32 Å². The van der Waals surface area contributed by atoms with Gasteiger partial charge in [0, 0.05) is 22.2 Å². The van der Waals surface area contributed by atoms with Crippen LogP contribution in [0.4, 0.5) is 5.69 Å². The van der Waals surface area contributed by atoms with Crippen molar-refractivity contribution >= 4 is 40.2 Å². The fourth-order valence-corrected chi connectivity index (χ4v) is 2.34. The third-order valence-corrected chi connectivity index (χ3v) is 3.53. The molecular weight excluding hydrogens is 298 g/mol. The Morgan fingerprint density at radius 1 is 1.18 bits per heavy atom. The van der Waals surface area contributed by atoms with Crippen molar-refractivity contribution in [2.45, 2.75) is 6.92 Å². The van der Waals surface area contributed by atoms with Gasteiger partial charge in [0.25, 0.3) is 0 Å². The van der Waals surface area contributed by atoms with Crippen LogP contribution in [-0.4, -0.2) is 5.91 Å². The molecule has 0 unspecified atom stereocenters. The number of para-hydroxylation sites is 1. The maximum Gasteiger partial charge on any atom is 0.248 e. The number of furan rings is 1. The van der Waals surface area contributed by atoms with Gasteiger partial charge in [-0.2, -0.15) is 0 Å². The van der Waals surface area contributed by atoms with Gasteiger partial charge in [0.1, 0.15) is 11.3 Å². The zero-order chi connectivity index (χ0) is 15.5. The number of fused-ring (bicyclic) bond motifs is 1. The summed E-state index contributed by atoms with van der Waals surface area (Å²) in [5.74, 6) is 0.407. The van der Waals surface area contributed by atoms with Crippen molar-refractivity contribution in [2.24, 2.45) is 0 Å². The molecule has 3 nitrogen and oxygen atoms in total. The van der Waals surface area contributed by atoms with Gasteiger partial charge in [-0.25, -0.2) is 0 Å². The number of rotatable bonds is 3. The van der Waals surface area contributed by atoms with Gasteiger partial charge in [0.15, 0.2) is 0 Å². The summed E-state index contributed by atoms with van der Waals surface area (Å²) in [7, 11) is 0. The highest BCUT2D eigenvalue weighted by Gasteiger charge is 2.04. The molecule has 1 amide bonds. The Hall–Kier alpha value is -2.52. The van der Waals surface area contributed by atoms with E-state index in [1.54, 1.807) is 12.1 Å². The van der Waals surface area contributed by atoms with Gasteiger partial charge in [0.05, 0.1) is 0 Å². The van der Waals surface area contributed by atoms with Crippen LogP contribution in [0.2, 0.25) is 5.02 Å². The Labute approximate surface area is 133 Å². The van der Waals surface area contributed by atoms with Crippen LogP contribution in [0.25, 0.3) is 17.0 Å². The molecule has 0 spiro atoms. The Morgan fingerprint density at radius 2 is 2.00 bits per heavy atom. The maximum absolute atomic E-state index is 11.9. The molecule has 22 heavy (non-hydrogen) atoms. The predicted octanol–water partition coefficient (Wildman–Crippen LogP) is 5.05. The van der Waals surface area contributed by atoms with E-state index in [0.29, 0.717) is 10.8 Å². The first-order valence-corrected chi connectivity index (χ1v) is 7.23. The lowest BCUT2D eigenvalue weighted by molar-refractivity contribution is -0.111. The predicted molar refractivity (Wildman–Crippen MR) is 90.1 cm³/mol. The molecule has 1 heterocycles. The first kappa shape index (κ1) is 14.4. The fourth-order valence-electron chi connectivity index (χ4n) is 2.16. The van der Waals surface area contributed by atoms with Crippen molar-refractivity contribution in [3.63, 3.8) is 0 Å². The number of hydrogen-bond acceptors (Lipinski definition) is 2. The topological polar surface area (TPSA) is 42.2 Å². The molecule has 0 radical (unpaired) electrons. The molecule has 3 rings (SSSR count). The highest BCUT2D eigenvalue weighted by molar-refractivity contribution is 6.31. The van der Waals surface area contributed by atoms with Gasteiger partial charge in [-0.15, -0.1) is 0 Å². The summed E-state index contributed by atoms with van der Waals surface area (Å²) < 4.78 is 5.62. The zero-order valence-corrected chi connectivity index (χ0v) is 12.7. The first-order valence-electron chi connectivity index (χ1n) is 6.85. The van der Waals surface area contributed by atoms with Crippen molar-refractivity contribution in [3.05, 3.63) is 71.0 Å². The largest absolute Gasteiger partial charge is 0.457 e. The van der Waals surface area contributed by atoms with Gasteiger partial charge < -0.3 is 9.73 Å². The van der Waals surface area contributed by atoms with Gasteiger partial charge in [-0.1, -0.05) is 29.8 Å². The summed E-state index contributed by atoms with van der Waals surface area (Å²) in [6.45, 7) is 1.95. The van der Waals surface area contributed by atoms with E-state index in [1.165, 1.54) is 6.08 Å². The van der Waals surface area contributed by atoms with E-state index in [4.69, 9.17) is 16.0 Å². The number of carbonyl (C=O) groups is 1. The van der Waals surface area contributed by atoms with E-state index < -0.39 is 0 Å². The number of hydrogen-bond donors (Lipinski definition) is 1. The maximum atomic E-state index is 11.9. The number of nitrogens with one attached hydrogen (secondary N) is 1. The van der Waals surface area contributed by atoms with Crippen molar-refractivity contribution in [1.29, 1.82) is 0 Å². The second-order valence-corrected chi connectivity index (χ2v) is 5.40. The van der Waals surface area contributed by atoms with Gasteiger partial charge in [-0.05, 0) is 48.9 Å². The minimum Gasteiger partial charge on any atom is -0.457 e. The Balaban J connectivity index is 1.75. The number of benzene rings is 2. The lowest BCUT2D eigenvalue weighted by Crippen LogP contribution is -2.08. The molecular formula is C18H14ClNO2. The van der Waals surface area contributed by atoms with E-state index >= 15 is 0 Å². The monoisotopic (exact) mass is 311 g/mol. The smallest absolute Gasteiger partial charge is 0.248 e. The summed E-state index contributed by atoms with van der Waals surface area (Å²) in [5, 5.41) is 4.40. The summed E-state index contributed by atoms with van der Waals surface area (Å²) in [4.78, 5) is 11.9. The fraction of sp³-hybridized carbons (Fsp3) is 0.0556. The minimum absolute atomic E-state index is 0.201. The van der Waals surface area contributed by atoms with Crippen molar-refractivity contribution < 1.29 is 9.21 Å². The molecule has 0 atom stereocenters. The minimum atomic E-state index is -0.201. The second-order valence-electron chi connectivity index (χ2n) is 4.97. The summed E-state index contributed by atoms with van der Waals surface area (Å²) in [5.41, 5.74) is 2.56. The summed E-state index contributed by atoms with van der Waals surface area (Å²) in [6.07, 6.45) is 3.09. The Kier molecular flexibility index (Phi) is 3.98. The number of carbonyl (C=O) groups excluding carboxylic acids is 1. The molecule has 0 aliphatic carbocycles. The Bertz CT molecular complexity index is 864. The molecule has 1 N–H and O–H groups in total. The average Bonchev–Trinajstić information content (AvgIpc) is 2.89. The molecule has 4 heteroatoms. The van der Waals surface area contributed by atoms with Crippen molar-refractivity contribution in [2.75, 3.05) is 5.32 Å². The molecule has 3 aromatic rings. The first-order chi connectivity index (χ1) is 10.6. The van der Waals surface area contributed by atoms with Crippen LogP contribution in [0.1, 0.15) is 11.3 Å². The summed E-state index contributed by atoms with van der Waals surface area (Å²) in [6, 6.07) is 14.9. The number of halogens is 1. The molecule has 2 aromatic carbocycles. The standard InChI is InChI=1S/C18H14ClNO2/c1-12-4-2-3-5-16(12)20-18(21)9-7-15-11-13-10-14(19)6-8-17(13)22-15/h2-11H,1H3,(H,20,21). The molecule has 0 aliphatic rings. The van der Waals surface area contributed by atoms with Crippen LogP contribution in [0.5, 0.6) is 0 Å². The number of anilines is 1. The number of amides is 1. The quantitative estimate of drug-likeness (QED) is 0.688. The van der Waals surface area contributed by atoms with E-state index in [9.17, 15) is 4.79 Å². The third-order valence-electron chi connectivity index (χ3n) is 3.30. The molecule has 0 saturated carbocycles. The van der Waals surface area contributed by atoms with Crippen LogP contribution in [0, 0.1) is 6.92 Å². The van der Waals surface area contributed by atoms with Crippen LogP contribution in [0.3, 0.4) is 0 Å². The average molecular weight is 312 g/mol. The van der Waals surface area contributed by atoms with Crippen molar-refractivity contribution in [1.82, 2.24) is 0 Å². The van der Waals surface area contributed by atoms with Crippen LogP contribution >= 0.6 is 11.6 Å². The highest BCUT2D eigenvalue weighted by atomic mass is 35.5. The molecule has 0 saturated heterocycles. The SMILES string of the molecule is Cc1ccccc1NC(=O)C=Cc1cc2cc(Cl)ccc2o1. The lowest BCUT2D eigenvalue weighted by Gasteiger charge is -2.04. The second kappa shape index (κ2) is 6.08. The molecule has 0 bridgehead atoms. The zero-order valence-electron chi connectivity index (χ0n) is 12.0. The van der Waals surface area contributed by atoms with Crippen LogP contribution in [-0.2, 0) is 4.79 Å². The molecule has 1 aromatic heterocycles. The number of aryl methyl sites for hydroxylation is 1. The lowest BCUT2D eigenvalue weighted by atomic mass is 10.2. The third kappa shape index (κ3) is 3.21. The molecule has 110 valence electrons. The highest BCUT2D eigenvalue weighted by Crippen LogP contribution is 2.23. The van der Waals surface area contributed by atoms with Gasteiger partial charge >= 0.3 is 0 Å². The van der Waals surface area contributed by atoms with Gasteiger partial charge in [0.2, 0.25) is 5.91 Å². The Morgan fingerprint density at radius 3 is 2.82 bits per heavy atom.